The number of ether oxygens (including phenoxy) is 1. The van der Waals surface area contributed by atoms with Gasteiger partial charge < -0.3 is 15.0 Å². The van der Waals surface area contributed by atoms with Crippen LogP contribution in [0.25, 0.3) is 10.9 Å². The van der Waals surface area contributed by atoms with E-state index in [0.29, 0.717) is 12.5 Å². The Kier molecular flexibility index (Phi) is 4.26. The van der Waals surface area contributed by atoms with Gasteiger partial charge in [-0.3, -0.25) is 0 Å². The number of amides is 1. The number of aromatic nitrogens is 1. The molecule has 0 saturated heterocycles. The molecule has 114 valence electrons. The third-order valence-electron chi connectivity index (χ3n) is 3.24. The molecule has 1 aromatic heterocycles. The zero-order valence-electron chi connectivity index (χ0n) is 13.4. The molecule has 1 heterocycles. The average molecular weight is 288 g/mol. The van der Waals surface area contributed by atoms with Crippen LogP contribution < -0.4 is 5.32 Å². The monoisotopic (exact) mass is 288 g/mol. The molecule has 0 unspecified atom stereocenters. The fourth-order valence-electron chi connectivity index (χ4n) is 2.27. The lowest BCUT2D eigenvalue weighted by molar-refractivity contribution is 0.0523. The fourth-order valence-corrected chi connectivity index (χ4v) is 2.27. The van der Waals surface area contributed by atoms with Crippen molar-refractivity contribution < 1.29 is 9.53 Å². The first-order chi connectivity index (χ1) is 9.76. The highest BCUT2D eigenvalue weighted by Gasteiger charge is 2.15. The van der Waals surface area contributed by atoms with Gasteiger partial charge in [-0.15, -0.1) is 0 Å². The highest BCUT2D eigenvalue weighted by atomic mass is 16.6. The number of nitrogens with one attached hydrogen (secondary N) is 2. The minimum atomic E-state index is -0.473. The molecule has 0 aliphatic heterocycles. The number of carbonyl (C=O) groups is 1. The van der Waals surface area contributed by atoms with Gasteiger partial charge >= 0.3 is 6.09 Å². The molecule has 4 nitrogen and oxygen atoms in total. The van der Waals surface area contributed by atoms with Gasteiger partial charge in [0.1, 0.15) is 5.60 Å². The summed E-state index contributed by atoms with van der Waals surface area (Å²) < 4.78 is 5.22. The Bertz CT molecular complexity index is 636. The van der Waals surface area contributed by atoms with E-state index in [1.807, 2.05) is 26.8 Å². The smallest absolute Gasteiger partial charge is 0.407 e. The third-order valence-corrected chi connectivity index (χ3v) is 3.24. The predicted octanol–water partition coefficient (Wildman–Crippen LogP) is 4.32. The lowest BCUT2D eigenvalue weighted by atomic mass is 10.0. The van der Waals surface area contributed by atoms with Crippen LogP contribution in [-0.4, -0.2) is 16.7 Å². The van der Waals surface area contributed by atoms with Crippen LogP contribution in [0.2, 0.25) is 0 Å². The van der Waals surface area contributed by atoms with Gasteiger partial charge in [0.15, 0.2) is 0 Å². The molecule has 1 aromatic carbocycles. The Morgan fingerprint density at radius 3 is 2.67 bits per heavy atom. The van der Waals surface area contributed by atoms with E-state index >= 15 is 0 Å². The zero-order valence-corrected chi connectivity index (χ0v) is 13.4. The Hall–Kier alpha value is -1.97. The first-order valence-corrected chi connectivity index (χ1v) is 7.33. The van der Waals surface area contributed by atoms with Crippen molar-refractivity contribution in [2.75, 3.05) is 0 Å². The zero-order chi connectivity index (χ0) is 15.6. The maximum absolute atomic E-state index is 11.6. The molecule has 1 amide bonds. The maximum atomic E-state index is 11.6. The largest absolute Gasteiger partial charge is 0.444 e. The van der Waals surface area contributed by atoms with E-state index in [1.54, 1.807) is 0 Å². The van der Waals surface area contributed by atoms with Crippen LogP contribution in [0.15, 0.2) is 24.4 Å². The number of carbonyl (C=O) groups excluding carboxylic acids is 1. The van der Waals surface area contributed by atoms with E-state index in [2.05, 4.69) is 42.5 Å². The second-order valence-electron chi connectivity index (χ2n) is 6.63. The number of aromatic amines is 1. The van der Waals surface area contributed by atoms with Crippen LogP contribution in [0.4, 0.5) is 4.79 Å². The Morgan fingerprint density at radius 2 is 2.05 bits per heavy atom. The van der Waals surface area contributed by atoms with Crippen molar-refractivity contribution >= 4 is 17.0 Å². The van der Waals surface area contributed by atoms with Crippen LogP contribution in [0.3, 0.4) is 0 Å². The highest BCUT2D eigenvalue weighted by molar-refractivity contribution is 5.84. The van der Waals surface area contributed by atoms with Crippen molar-refractivity contribution in [3.63, 3.8) is 0 Å². The third kappa shape index (κ3) is 4.00. The molecular weight excluding hydrogens is 264 g/mol. The summed E-state index contributed by atoms with van der Waals surface area (Å²) in [6, 6.07) is 6.21. The molecule has 0 fully saturated rings. The number of hydrogen-bond donors (Lipinski definition) is 2. The Morgan fingerprint density at radius 1 is 1.33 bits per heavy atom. The molecule has 2 rings (SSSR count). The molecule has 0 radical (unpaired) electrons. The lowest BCUT2D eigenvalue weighted by Gasteiger charge is -2.19. The van der Waals surface area contributed by atoms with E-state index in [1.165, 1.54) is 10.9 Å². The summed E-state index contributed by atoms with van der Waals surface area (Å²) in [5.41, 5.74) is 2.99. The summed E-state index contributed by atoms with van der Waals surface area (Å²) in [6.07, 6.45) is 1.66. The van der Waals surface area contributed by atoms with Gasteiger partial charge in [-0.1, -0.05) is 26.0 Å². The Labute approximate surface area is 125 Å². The second kappa shape index (κ2) is 5.80. The van der Waals surface area contributed by atoms with Crippen molar-refractivity contribution in [2.24, 2.45) is 0 Å². The number of benzene rings is 1. The molecule has 0 atom stereocenters. The van der Waals surface area contributed by atoms with Crippen LogP contribution in [0.5, 0.6) is 0 Å². The van der Waals surface area contributed by atoms with Crippen molar-refractivity contribution in [3.8, 4) is 0 Å². The van der Waals surface area contributed by atoms with Crippen molar-refractivity contribution in [3.05, 3.63) is 35.5 Å². The van der Waals surface area contributed by atoms with Crippen LogP contribution in [0, 0.1) is 0 Å². The average Bonchev–Trinajstić information content (AvgIpc) is 2.77. The predicted molar refractivity (Wildman–Crippen MR) is 85.5 cm³/mol. The fraction of sp³-hybridized carbons (Fsp3) is 0.471. The number of hydrogen-bond acceptors (Lipinski definition) is 2. The van der Waals surface area contributed by atoms with Gasteiger partial charge in [-0.05, 0) is 43.9 Å². The highest BCUT2D eigenvalue weighted by Crippen LogP contribution is 2.25. The van der Waals surface area contributed by atoms with Gasteiger partial charge in [0.05, 0.1) is 0 Å². The number of rotatable bonds is 3. The van der Waals surface area contributed by atoms with E-state index in [4.69, 9.17) is 4.74 Å². The van der Waals surface area contributed by atoms with Crippen LogP contribution >= 0.6 is 0 Å². The van der Waals surface area contributed by atoms with Gasteiger partial charge in [0.25, 0.3) is 0 Å². The first-order valence-electron chi connectivity index (χ1n) is 7.33. The topological polar surface area (TPSA) is 54.1 Å². The summed E-state index contributed by atoms with van der Waals surface area (Å²) in [4.78, 5) is 14.9. The molecule has 0 spiro atoms. The molecule has 2 N–H and O–H groups in total. The number of alkyl carbamates (subject to hydrolysis) is 1. The quantitative estimate of drug-likeness (QED) is 0.884. The molecule has 4 heteroatoms. The number of fused-ring (bicyclic) bond motifs is 1. The van der Waals surface area contributed by atoms with Gasteiger partial charge in [0, 0.05) is 23.6 Å². The van der Waals surface area contributed by atoms with Gasteiger partial charge in [-0.25, -0.2) is 4.79 Å². The van der Waals surface area contributed by atoms with Gasteiger partial charge in [0.2, 0.25) is 0 Å². The summed E-state index contributed by atoms with van der Waals surface area (Å²) in [5, 5.41) is 4.02. The van der Waals surface area contributed by atoms with Crippen molar-refractivity contribution in [1.82, 2.24) is 10.3 Å². The second-order valence-corrected chi connectivity index (χ2v) is 6.63. The van der Waals surface area contributed by atoms with Crippen LogP contribution in [-0.2, 0) is 11.3 Å². The van der Waals surface area contributed by atoms with Crippen molar-refractivity contribution in [1.29, 1.82) is 0 Å². The summed E-state index contributed by atoms with van der Waals surface area (Å²) >= 11 is 0. The molecule has 0 saturated carbocycles. The molecule has 0 bridgehead atoms. The van der Waals surface area contributed by atoms with E-state index in [0.717, 1.165) is 11.1 Å². The van der Waals surface area contributed by atoms with Gasteiger partial charge in [-0.2, -0.15) is 0 Å². The van der Waals surface area contributed by atoms with E-state index in [9.17, 15) is 4.79 Å². The molecule has 21 heavy (non-hydrogen) atoms. The summed E-state index contributed by atoms with van der Waals surface area (Å²) in [5.74, 6) is 0.490. The SMILES string of the molecule is CC(C)c1c[nH]c2cc(CNC(=O)OC(C)(C)C)ccc12. The molecular formula is C17H24N2O2. The summed E-state index contributed by atoms with van der Waals surface area (Å²) in [6.45, 7) is 10.4. The molecule has 0 aliphatic carbocycles. The molecule has 0 aliphatic rings. The Balaban J connectivity index is 2.05. The maximum Gasteiger partial charge on any atom is 0.407 e. The van der Waals surface area contributed by atoms with Crippen LogP contribution in [0.1, 0.15) is 51.7 Å². The lowest BCUT2D eigenvalue weighted by Crippen LogP contribution is -2.32. The molecule has 2 aromatic rings. The van der Waals surface area contributed by atoms with E-state index in [-0.39, 0.29) is 0 Å². The van der Waals surface area contributed by atoms with Crippen molar-refractivity contribution in [2.45, 2.75) is 52.7 Å². The summed E-state index contributed by atoms with van der Waals surface area (Å²) in [7, 11) is 0. The van der Waals surface area contributed by atoms with E-state index < -0.39 is 11.7 Å². The first kappa shape index (κ1) is 15.4. The minimum absolute atomic E-state index is 0.392. The normalized spacial score (nSPS) is 11.9. The minimum Gasteiger partial charge on any atom is -0.444 e. The number of H-pyrrole nitrogens is 1. The standard InChI is InChI=1S/C17H24N2O2/c1-11(2)14-10-18-15-8-12(6-7-13(14)15)9-19-16(20)21-17(3,4)5/h6-8,10-11,18H,9H2,1-5H3,(H,19,20).